The number of aromatic amines is 1. The third kappa shape index (κ3) is 4.05. The number of rotatable bonds is 7. The number of fused-ring (bicyclic) bond motifs is 1. The van der Waals surface area contributed by atoms with Crippen LogP contribution in [0.2, 0.25) is 0 Å². The molecule has 0 unspecified atom stereocenters. The van der Waals surface area contributed by atoms with Gasteiger partial charge in [0.1, 0.15) is 17.2 Å². The first kappa shape index (κ1) is 21.5. The van der Waals surface area contributed by atoms with Gasteiger partial charge < -0.3 is 19.9 Å². The number of benzene rings is 1. The van der Waals surface area contributed by atoms with E-state index in [-0.39, 0.29) is 11.9 Å². The predicted octanol–water partition coefficient (Wildman–Crippen LogP) is 0.0968. The Balaban J connectivity index is 1.57. The first-order valence-electron chi connectivity index (χ1n) is 10.7. The molecule has 3 heterocycles. The van der Waals surface area contributed by atoms with Crippen LogP contribution >= 0.6 is 0 Å². The average molecular weight is 464 g/mol. The standard InChI is InChI=1S/C22H24N8O4/c1-29-16(19(31)27-22(29)32)8-13-11-24-30-18(13)26-20(28-21(30)25-14-5-6-14)23-10-12-4-7-15(33-2)9-17(12)34-3/h4,7-9,11,14,31H,5-6,10H2,1-3H3,(H,27,32)(H,23,25,28). The smallest absolute Gasteiger partial charge is 0.328 e. The molecule has 0 spiro atoms. The highest BCUT2D eigenvalue weighted by molar-refractivity contribution is 5.57. The highest BCUT2D eigenvalue weighted by Gasteiger charge is 2.21. The van der Waals surface area contributed by atoms with Gasteiger partial charge in [-0.1, -0.05) is 0 Å². The highest BCUT2D eigenvalue weighted by Crippen LogP contribution is 2.25. The van der Waals surface area contributed by atoms with Crippen molar-refractivity contribution >= 4 is 17.7 Å². The molecule has 5 rings (SSSR count). The first-order valence-corrected chi connectivity index (χ1v) is 10.7. The summed E-state index contributed by atoms with van der Waals surface area (Å²) in [5.41, 5.74) is 1.72. The minimum absolute atomic E-state index is 0.221. The molecule has 12 heteroatoms. The minimum atomic E-state index is -0.421. The van der Waals surface area contributed by atoms with E-state index < -0.39 is 5.69 Å². The van der Waals surface area contributed by atoms with Crippen molar-refractivity contribution in [3.63, 3.8) is 0 Å². The summed E-state index contributed by atoms with van der Waals surface area (Å²) >= 11 is 0. The van der Waals surface area contributed by atoms with Crippen LogP contribution in [0.4, 0.5) is 5.95 Å². The van der Waals surface area contributed by atoms with E-state index in [2.05, 4.69) is 30.4 Å². The Morgan fingerprint density at radius 1 is 1.29 bits per heavy atom. The molecule has 1 saturated carbocycles. The summed E-state index contributed by atoms with van der Waals surface area (Å²) in [4.78, 5) is 28.1. The number of hydrogen-bond donors (Lipinski definition) is 3. The van der Waals surface area contributed by atoms with E-state index in [9.17, 15) is 9.90 Å². The largest absolute Gasteiger partial charge is 0.497 e. The number of aromatic nitrogens is 6. The van der Waals surface area contributed by atoms with Crippen LogP contribution in [-0.4, -0.2) is 54.5 Å². The molecule has 0 radical (unpaired) electrons. The number of H-pyrrole nitrogens is 1. The van der Waals surface area contributed by atoms with Gasteiger partial charge in [-0.15, -0.1) is 0 Å². The summed E-state index contributed by atoms with van der Waals surface area (Å²) in [6.07, 6.45) is 5.26. The van der Waals surface area contributed by atoms with Gasteiger partial charge in [0.15, 0.2) is 5.65 Å². The predicted molar refractivity (Wildman–Crippen MR) is 123 cm³/mol. The second kappa shape index (κ2) is 8.54. The Morgan fingerprint density at radius 3 is 2.79 bits per heavy atom. The molecule has 0 amide bonds. The van der Waals surface area contributed by atoms with E-state index in [0.29, 0.717) is 46.2 Å². The van der Waals surface area contributed by atoms with E-state index in [4.69, 9.17) is 9.47 Å². The molecular formula is C22H24N8O4. The number of nitrogens with one attached hydrogen (secondary N) is 2. The zero-order chi connectivity index (χ0) is 23.8. The molecule has 0 bridgehead atoms. The van der Waals surface area contributed by atoms with Crippen molar-refractivity contribution in [2.24, 2.45) is 12.0 Å². The SMILES string of the molecule is COc1ccc(CNc2nc(=NC3CC3)n3ncc(=Cc4c(O)[nH]c(=O)n4C)c3n2)c(OC)c1. The van der Waals surface area contributed by atoms with Gasteiger partial charge >= 0.3 is 5.69 Å². The molecule has 3 aromatic heterocycles. The Bertz CT molecular complexity index is 1550. The van der Waals surface area contributed by atoms with Crippen LogP contribution in [0.25, 0.3) is 11.7 Å². The molecule has 0 aliphatic heterocycles. The van der Waals surface area contributed by atoms with Gasteiger partial charge in [-0.25, -0.2) is 9.79 Å². The van der Waals surface area contributed by atoms with Crippen molar-refractivity contribution in [1.82, 2.24) is 29.1 Å². The summed E-state index contributed by atoms with van der Waals surface area (Å²) in [6.45, 7) is 0.409. The number of nitrogens with zero attached hydrogens (tertiary/aromatic N) is 6. The van der Waals surface area contributed by atoms with Crippen molar-refractivity contribution < 1.29 is 14.6 Å². The third-order valence-corrected chi connectivity index (χ3v) is 5.58. The lowest BCUT2D eigenvalue weighted by atomic mass is 10.2. The molecule has 4 aromatic rings. The van der Waals surface area contributed by atoms with Crippen LogP contribution in [0.15, 0.2) is 34.2 Å². The topological polar surface area (TPSA) is 144 Å². The van der Waals surface area contributed by atoms with E-state index >= 15 is 0 Å². The fourth-order valence-electron chi connectivity index (χ4n) is 3.51. The zero-order valence-electron chi connectivity index (χ0n) is 18.9. The molecule has 3 N–H and O–H groups in total. The van der Waals surface area contributed by atoms with Crippen molar-refractivity contribution in [2.75, 3.05) is 19.5 Å². The maximum atomic E-state index is 11.8. The zero-order valence-corrected chi connectivity index (χ0v) is 18.9. The summed E-state index contributed by atoms with van der Waals surface area (Å²) < 4.78 is 13.6. The molecule has 0 saturated heterocycles. The molecule has 1 aliphatic carbocycles. The fraction of sp³-hybridized carbons (Fsp3) is 0.318. The molecule has 1 aliphatic rings. The summed E-state index contributed by atoms with van der Waals surface area (Å²) in [7, 11) is 4.77. The Hall–Kier alpha value is -4.35. The maximum absolute atomic E-state index is 11.8. The normalized spacial score (nSPS) is 14.7. The van der Waals surface area contributed by atoms with Crippen LogP contribution in [0.5, 0.6) is 17.4 Å². The fourth-order valence-corrected chi connectivity index (χ4v) is 3.51. The minimum Gasteiger partial charge on any atom is -0.497 e. The number of ether oxygens (including phenoxy) is 2. The van der Waals surface area contributed by atoms with Gasteiger partial charge in [0.25, 0.3) is 5.62 Å². The number of imidazole rings is 1. The number of aromatic hydroxyl groups is 1. The van der Waals surface area contributed by atoms with Crippen LogP contribution in [0, 0.1) is 0 Å². The number of hydrogen-bond acceptors (Lipinski definition) is 9. The Morgan fingerprint density at radius 2 is 2.12 bits per heavy atom. The maximum Gasteiger partial charge on any atom is 0.328 e. The van der Waals surface area contributed by atoms with E-state index in [1.54, 1.807) is 38.1 Å². The van der Waals surface area contributed by atoms with Crippen molar-refractivity contribution in [1.29, 1.82) is 0 Å². The molecule has 1 fully saturated rings. The van der Waals surface area contributed by atoms with Gasteiger partial charge in [0.2, 0.25) is 11.8 Å². The monoisotopic (exact) mass is 464 g/mol. The number of anilines is 1. The van der Waals surface area contributed by atoms with E-state index in [1.165, 1.54) is 4.57 Å². The van der Waals surface area contributed by atoms with Crippen LogP contribution in [-0.2, 0) is 13.6 Å². The molecule has 0 atom stereocenters. The van der Waals surface area contributed by atoms with Crippen molar-refractivity contribution in [3.05, 3.63) is 57.0 Å². The second-order valence-electron chi connectivity index (χ2n) is 7.94. The highest BCUT2D eigenvalue weighted by atomic mass is 16.5. The van der Waals surface area contributed by atoms with Crippen LogP contribution in [0.3, 0.4) is 0 Å². The van der Waals surface area contributed by atoms with Gasteiger partial charge in [0, 0.05) is 30.4 Å². The summed E-state index contributed by atoms with van der Waals surface area (Å²) in [6, 6.07) is 5.80. The van der Waals surface area contributed by atoms with Gasteiger partial charge in [-0.3, -0.25) is 9.55 Å². The molecule has 34 heavy (non-hydrogen) atoms. The van der Waals surface area contributed by atoms with Crippen molar-refractivity contribution in [2.45, 2.75) is 25.4 Å². The summed E-state index contributed by atoms with van der Waals surface area (Å²) in [5.74, 6) is 1.52. The second-order valence-corrected chi connectivity index (χ2v) is 7.94. The first-order chi connectivity index (χ1) is 16.5. The van der Waals surface area contributed by atoms with Crippen LogP contribution in [0.1, 0.15) is 24.1 Å². The number of methoxy groups -OCH3 is 2. The quantitative estimate of drug-likeness (QED) is 0.349. The van der Waals surface area contributed by atoms with Crippen molar-refractivity contribution in [3.8, 4) is 17.4 Å². The Labute approximate surface area is 193 Å². The lowest BCUT2D eigenvalue weighted by molar-refractivity contribution is 0.391. The van der Waals surface area contributed by atoms with Gasteiger partial charge in [-0.2, -0.15) is 19.6 Å². The van der Waals surface area contributed by atoms with Crippen LogP contribution < -0.4 is 31.3 Å². The molecule has 176 valence electrons. The van der Waals surface area contributed by atoms with E-state index in [0.717, 1.165) is 18.4 Å². The van der Waals surface area contributed by atoms with Gasteiger partial charge in [0.05, 0.1) is 26.5 Å². The van der Waals surface area contributed by atoms with E-state index in [1.807, 2.05) is 18.2 Å². The lowest BCUT2D eigenvalue weighted by Crippen LogP contribution is -2.25. The molecule has 12 nitrogen and oxygen atoms in total. The summed E-state index contributed by atoms with van der Waals surface area (Å²) in [5, 5.41) is 18.3. The average Bonchev–Trinajstić information content (AvgIpc) is 3.51. The Kier molecular flexibility index (Phi) is 5.40. The third-order valence-electron chi connectivity index (χ3n) is 5.58. The lowest BCUT2D eigenvalue weighted by Gasteiger charge is -2.11. The molecule has 1 aromatic carbocycles. The van der Waals surface area contributed by atoms with Gasteiger partial charge in [-0.05, 0) is 31.1 Å². The molecular weight excluding hydrogens is 440 g/mol.